The first-order valence-corrected chi connectivity index (χ1v) is 9.53. The van der Waals surface area contributed by atoms with Crippen LogP contribution in [0.2, 0.25) is 0 Å². The van der Waals surface area contributed by atoms with Crippen molar-refractivity contribution in [3.63, 3.8) is 0 Å². The van der Waals surface area contributed by atoms with E-state index < -0.39 is 0 Å². The van der Waals surface area contributed by atoms with Crippen molar-refractivity contribution in [1.29, 1.82) is 0 Å². The van der Waals surface area contributed by atoms with E-state index in [0.717, 1.165) is 22.4 Å². The van der Waals surface area contributed by atoms with Crippen molar-refractivity contribution in [2.75, 3.05) is 25.3 Å². The van der Waals surface area contributed by atoms with Crippen LogP contribution in [0.4, 0.5) is 16.6 Å². The fourth-order valence-electron chi connectivity index (χ4n) is 2.88. The van der Waals surface area contributed by atoms with Gasteiger partial charge < -0.3 is 20.5 Å². The number of nitrogen functional groups attached to an aromatic ring is 1. The summed E-state index contributed by atoms with van der Waals surface area (Å²) in [5.74, 6) is 1.39. The van der Waals surface area contributed by atoms with E-state index in [-0.39, 0.29) is 11.6 Å². The Bertz CT molecular complexity index is 1020. The molecule has 146 valence electrons. The number of methoxy groups -OCH3 is 2. The molecule has 0 fully saturated rings. The number of carbonyl (C=O) groups excluding carboxylic acids is 1. The molecule has 0 spiro atoms. The van der Waals surface area contributed by atoms with Gasteiger partial charge in [-0.05, 0) is 43.5 Å². The molecular formula is C21H23N3O3S. The summed E-state index contributed by atoms with van der Waals surface area (Å²) in [5, 5.41) is 3.70. The minimum atomic E-state index is -0.119. The molecule has 2 aromatic carbocycles. The third-order valence-corrected chi connectivity index (χ3v) is 5.53. The van der Waals surface area contributed by atoms with Crippen LogP contribution < -0.4 is 20.5 Å². The average Bonchev–Trinajstić information content (AvgIpc) is 3.03. The van der Waals surface area contributed by atoms with E-state index in [2.05, 4.69) is 10.3 Å². The Morgan fingerprint density at radius 3 is 2.18 bits per heavy atom. The monoisotopic (exact) mass is 397 g/mol. The van der Waals surface area contributed by atoms with E-state index in [1.165, 1.54) is 11.3 Å². The van der Waals surface area contributed by atoms with Gasteiger partial charge in [-0.2, -0.15) is 0 Å². The van der Waals surface area contributed by atoms with E-state index in [0.29, 0.717) is 27.1 Å². The van der Waals surface area contributed by atoms with Crippen LogP contribution in [0.25, 0.3) is 0 Å². The molecule has 0 amide bonds. The lowest BCUT2D eigenvalue weighted by molar-refractivity contribution is 0.104. The van der Waals surface area contributed by atoms with Crippen molar-refractivity contribution in [2.45, 2.75) is 20.8 Å². The highest BCUT2D eigenvalue weighted by molar-refractivity contribution is 7.18. The summed E-state index contributed by atoms with van der Waals surface area (Å²) in [6, 6.07) is 9.33. The third-order valence-electron chi connectivity index (χ3n) is 4.55. The Labute approximate surface area is 168 Å². The highest BCUT2D eigenvalue weighted by Gasteiger charge is 2.20. The van der Waals surface area contributed by atoms with Crippen LogP contribution in [0.3, 0.4) is 0 Å². The first-order valence-electron chi connectivity index (χ1n) is 8.71. The first-order chi connectivity index (χ1) is 13.3. The lowest BCUT2D eigenvalue weighted by Crippen LogP contribution is -2.05. The maximum absolute atomic E-state index is 13.0. The number of benzene rings is 2. The molecule has 3 N–H and O–H groups in total. The molecule has 0 saturated heterocycles. The largest absolute Gasteiger partial charge is 0.497 e. The van der Waals surface area contributed by atoms with Crippen molar-refractivity contribution in [1.82, 2.24) is 4.98 Å². The number of ether oxygens (including phenoxy) is 2. The number of ketones is 1. The van der Waals surface area contributed by atoms with Crippen LogP contribution >= 0.6 is 11.3 Å². The lowest BCUT2D eigenvalue weighted by Gasteiger charge is -2.09. The van der Waals surface area contributed by atoms with Crippen LogP contribution in [0.1, 0.15) is 31.9 Å². The molecule has 0 bridgehead atoms. The number of nitrogens with two attached hydrogens (primary N) is 1. The second-order valence-corrected chi connectivity index (χ2v) is 7.54. The minimum Gasteiger partial charge on any atom is -0.497 e. The van der Waals surface area contributed by atoms with Crippen molar-refractivity contribution in [3.05, 3.63) is 57.5 Å². The molecule has 0 aliphatic heterocycles. The summed E-state index contributed by atoms with van der Waals surface area (Å²) in [6.45, 7) is 5.95. The zero-order chi connectivity index (χ0) is 20.4. The number of carbonyl (C=O) groups is 1. The summed E-state index contributed by atoms with van der Waals surface area (Å²) < 4.78 is 10.6. The smallest absolute Gasteiger partial charge is 0.207 e. The number of nitrogens with one attached hydrogen (secondary N) is 1. The quantitative estimate of drug-likeness (QED) is 0.589. The molecule has 0 aliphatic rings. The summed E-state index contributed by atoms with van der Waals surface area (Å²) >= 11 is 1.22. The summed E-state index contributed by atoms with van der Waals surface area (Å²) in [6.07, 6.45) is 0. The molecule has 6 nitrogen and oxygen atoms in total. The van der Waals surface area contributed by atoms with Crippen LogP contribution in [0.15, 0.2) is 30.3 Å². The second kappa shape index (κ2) is 7.90. The maximum atomic E-state index is 13.0. The highest BCUT2D eigenvalue weighted by atomic mass is 32.1. The van der Waals surface area contributed by atoms with Crippen molar-refractivity contribution >= 4 is 33.8 Å². The predicted octanol–water partition coefficient (Wildman–Crippen LogP) is 4.64. The minimum absolute atomic E-state index is 0.119. The van der Waals surface area contributed by atoms with Crippen molar-refractivity contribution < 1.29 is 14.3 Å². The van der Waals surface area contributed by atoms with Gasteiger partial charge in [-0.25, -0.2) is 4.98 Å². The Hall–Kier alpha value is -3.06. The molecule has 0 saturated carbocycles. The third kappa shape index (κ3) is 3.94. The van der Waals surface area contributed by atoms with E-state index in [1.807, 2.05) is 45.0 Å². The van der Waals surface area contributed by atoms with E-state index in [1.54, 1.807) is 20.3 Å². The maximum Gasteiger partial charge on any atom is 0.207 e. The number of aryl methyl sites for hydroxylation is 3. The fourth-order valence-corrected chi connectivity index (χ4v) is 3.74. The van der Waals surface area contributed by atoms with Gasteiger partial charge in [-0.3, -0.25) is 4.79 Å². The standard InChI is InChI=1S/C21H23N3O3S/c1-11-6-13(3)17(7-12(11)2)18(25)19-20(22)24-21(28-19)23-14-8-15(26-4)10-16(9-14)27-5/h6-10H,22H2,1-5H3,(H,23,24). The zero-order valence-corrected chi connectivity index (χ0v) is 17.4. The Morgan fingerprint density at radius 1 is 0.964 bits per heavy atom. The molecule has 1 heterocycles. The molecule has 3 aromatic rings. The number of nitrogens with zero attached hydrogens (tertiary/aromatic N) is 1. The first kappa shape index (κ1) is 19.7. The number of thiazole rings is 1. The molecular weight excluding hydrogens is 374 g/mol. The number of anilines is 3. The molecule has 0 unspecified atom stereocenters. The van der Waals surface area contributed by atoms with Gasteiger partial charge in [-0.15, -0.1) is 0 Å². The topological polar surface area (TPSA) is 86.5 Å². The number of hydrogen-bond acceptors (Lipinski definition) is 7. The van der Waals surface area contributed by atoms with Crippen molar-refractivity contribution in [3.8, 4) is 11.5 Å². The summed E-state index contributed by atoms with van der Waals surface area (Å²) in [4.78, 5) is 17.8. The van der Waals surface area contributed by atoms with Gasteiger partial charge in [0.1, 0.15) is 22.2 Å². The molecule has 1 aromatic heterocycles. The van der Waals surface area contributed by atoms with Gasteiger partial charge in [0.05, 0.1) is 14.2 Å². The molecule has 3 rings (SSSR count). The normalized spacial score (nSPS) is 10.6. The number of hydrogen-bond donors (Lipinski definition) is 2. The highest BCUT2D eigenvalue weighted by Crippen LogP contribution is 2.33. The second-order valence-electron chi connectivity index (χ2n) is 6.54. The van der Waals surface area contributed by atoms with Gasteiger partial charge in [0.15, 0.2) is 5.13 Å². The Balaban J connectivity index is 1.92. The molecule has 0 radical (unpaired) electrons. The van der Waals surface area contributed by atoms with E-state index in [4.69, 9.17) is 15.2 Å². The predicted molar refractivity (Wildman–Crippen MR) is 113 cm³/mol. The SMILES string of the molecule is COc1cc(Nc2nc(N)c(C(=O)c3cc(C)c(C)cc3C)s2)cc(OC)c1. The van der Waals surface area contributed by atoms with Gasteiger partial charge in [0.25, 0.3) is 0 Å². The fraction of sp³-hybridized carbons (Fsp3) is 0.238. The molecule has 28 heavy (non-hydrogen) atoms. The van der Waals surface area contributed by atoms with Gasteiger partial charge >= 0.3 is 0 Å². The van der Waals surface area contributed by atoms with Crippen LogP contribution in [-0.4, -0.2) is 25.0 Å². The van der Waals surface area contributed by atoms with Gasteiger partial charge in [-0.1, -0.05) is 17.4 Å². The lowest BCUT2D eigenvalue weighted by atomic mass is 9.97. The van der Waals surface area contributed by atoms with Gasteiger partial charge in [0, 0.05) is 29.4 Å². The number of rotatable bonds is 6. The number of aromatic nitrogens is 1. The molecule has 7 heteroatoms. The Kier molecular flexibility index (Phi) is 5.56. The van der Waals surface area contributed by atoms with Crippen LogP contribution in [-0.2, 0) is 0 Å². The van der Waals surface area contributed by atoms with E-state index in [9.17, 15) is 4.79 Å². The van der Waals surface area contributed by atoms with Gasteiger partial charge in [0.2, 0.25) is 5.78 Å². The van der Waals surface area contributed by atoms with Crippen molar-refractivity contribution in [2.24, 2.45) is 0 Å². The van der Waals surface area contributed by atoms with Crippen LogP contribution in [0.5, 0.6) is 11.5 Å². The molecule has 0 atom stereocenters. The molecule has 0 aliphatic carbocycles. The van der Waals surface area contributed by atoms with Crippen LogP contribution in [0, 0.1) is 20.8 Å². The van der Waals surface area contributed by atoms with E-state index >= 15 is 0 Å². The zero-order valence-electron chi connectivity index (χ0n) is 16.5. The Morgan fingerprint density at radius 2 is 1.57 bits per heavy atom. The summed E-state index contributed by atoms with van der Waals surface area (Å²) in [5.41, 5.74) is 10.6. The summed E-state index contributed by atoms with van der Waals surface area (Å²) in [7, 11) is 3.17. The average molecular weight is 398 g/mol.